The summed E-state index contributed by atoms with van der Waals surface area (Å²) in [4.78, 5) is 6.33. The fraction of sp³-hybridized carbons (Fsp3) is 0.600. The van der Waals surface area contributed by atoms with Crippen LogP contribution in [0.3, 0.4) is 0 Å². The van der Waals surface area contributed by atoms with Crippen molar-refractivity contribution < 1.29 is 0 Å². The lowest BCUT2D eigenvalue weighted by atomic mass is 10.5. The second kappa shape index (κ2) is 6.06. The van der Waals surface area contributed by atoms with Crippen molar-refractivity contribution >= 4 is 5.96 Å². The third-order valence-electron chi connectivity index (χ3n) is 2.25. The maximum Gasteiger partial charge on any atom is 0.191 e. The number of guanidine groups is 1. The van der Waals surface area contributed by atoms with Gasteiger partial charge < -0.3 is 10.6 Å². The molecule has 0 aromatic carbocycles. The highest BCUT2D eigenvalue weighted by atomic mass is 15.3. The molecule has 0 aliphatic heterocycles. The van der Waals surface area contributed by atoms with Crippen molar-refractivity contribution in [3.63, 3.8) is 0 Å². The predicted molar refractivity (Wildman–Crippen MR) is 61.6 cm³/mol. The van der Waals surface area contributed by atoms with Gasteiger partial charge in [-0.05, 0) is 19.9 Å². The predicted octanol–water partition coefficient (Wildman–Crippen LogP) is 0.540. The minimum atomic E-state index is 0.618. The molecule has 0 atom stereocenters. The van der Waals surface area contributed by atoms with E-state index in [0.717, 1.165) is 19.6 Å². The van der Waals surface area contributed by atoms with Crippen LogP contribution in [0.2, 0.25) is 0 Å². The van der Waals surface area contributed by atoms with E-state index in [1.165, 1.54) is 0 Å². The van der Waals surface area contributed by atoms with Gasteiger partial charge in [0.05, 0.1) is 13.1 Å². The Balaban J connectivity index is 2.36. The topological polar surface area (TPSA) is 59.4 Å². The molecule has 84 valence electrons. The summed E-state index contributed by atoms with van der Waals surface area (Å²) in [6.07, 6.45) is 3.68. The van der Waals surface area contributed by atoms with Crippen LogP contribution in [0.1, 0.15) is 13.8 Å². The highest BCUT2D eigenvalue weighted by Crippen LogP contribution is 1.89. The SMILES string of the molecule is CCN(CC)C(N)=NCCn1cccn1. The van der Waals surface area contributed by atoms with E-state index in [9.17, 15) is 0 Å². The molecule has 1 rings (SSSR count). The van der Waals surface area contributed by atoms with E-state index in [2.05, 4.69) is 23.9 Å². The Morgan fingerprint density at radius 3 is 2.73 bits per heavy atom. The minimum Gasteiger partial charge on any atom is -0.370 e. The first-order valence-electron chi connectivity index (χ1n) is 5.30. The fourth-order valence-electron chi connectivity index (χ4n) is 1.35. The molecule has 0 amide bonds. The van der Waals surface area contributed by atoms with E-state index in [0.29, 0.717) is 12.5 Å². The number of aliphatic imine (C=N–C) groups is 1. The fourth-order valence-corrected chi connectivity index (χ4v) is 1.35. The average molecular weight is 209 g/mol. The van der Waals surface area contributed by atoms with Gasteiger partial charge in [-0.3, -0.25) is 9.67 Å². The van der Waals surface area contributed by atoms with Crippen molar-refractivity contribution in [3.8, 4) is 0 Å². The van der Waals surface area contributed by atoms with Crippen LogP contribution in [0.25, 0.3) is 0 Å². The van der Waals surface area contributed by atoms with E-state index < -0.39 is 0 Å². The van der Waals surface area contributed by atoms with Gasteiger partial charge in [-0.15, -0.1) is 0 Å². The summed E-state index contributed by atoms with van der Waals surface area (Å²) in [6, 6.07) is 1.90. The molecule has 0 bridgehead atoms. The van der Waals surface area contributed by atoms with Crippen LogP contribution < -0.4 is 5.73 Å². The highest BCUT2D eigenvalue weighted by Gasteiger charge is 2.00. The van der Waals surface area contributed by atoms with Gasteiger partial charge in [0.2, 0.25) is 0 Å². The van der Waals surface area contributed by atoms with Gasteiger partial charge in [0, 0.05) is 25.5 Å². The minimum absolute atomic E-state index is 0.618. The van der Waals surface area contributed by atoms with Crippen molar-refractivity contribution in [1.82, 2.24) is 14.7 Å². The summed E-state index contributed by atoms with van der Waals surface area (Å²) in [6.45, 7) is 7.37. The van der Waals surface area contributed by atoms with E-state index in [-0.39, 0.29) is 0 Å². The molecule has 5 nitrogen and oxygen atoms in total. The summed E-state index contributed by atoms with van der Waals surface area (Å²) in [5, 5.41) is 4.09. The molecule has 0 aliphatic carbocycles. The van der Waals surface area contributed by atoms with Crippen molar-refractivity contribution in [2.24, 2.45) is 10.7 Å². The summed E-state index contributed by atoms with van der Waals surface area (Å²) in [5.41, 5.74) is 5.82. The van der Waals surface area contributed by atoms with Crippen LogP contribution in [-0.2, 0) is 6.54 Å². The molecule has 0 spiro atoms. The number of rotatable bonds is 5. The molecular formula is C10H19N5. The van der Waals surface area contributed by atoms with Crippen LogP contribution in [0.4, 0.5) is 0 Å². The van der Waals surface area contributed by atoms with Gasteiger partial charge in [0.15, 0.2) is 5.96 Å². The number of aromatic nitrogens is 2. The Labute approximate surface area is 90.6 Å². The zero-order chi connectivity index (χ0) is 11.1. The first kappa shape index (κ1) is 11.6. The van der Waals surface area contributed by atoms with Crippen LogP contribution in [0, 0.1) is 0 Å². The normalized spacial score (nSPS) is 11.7. The number of nitrogens with zero attached hydrogens (tertiary/aromatic N) is 4. The number of hydrogen-bond donors (Lipinski definition) is 1. The summed E-state index contributed by atoms with van der Waals surface area (Å²) >= 11 is 0. The first-order chi connectivity index (χ1) is 7.27. The largest absolute Gasteiger partial charge is 0.370 e. The average Bonchev–Trinajstić information content (AvgIpc) is 2.72. The van der Waals surface area contributed by atoms with E-state index >= 15 is 0 Å². The Hall–Kier alpha value is -1.52. The molecule has 1 aromatic heterocycles. The quantitative estimate of drug-likeness (QED) is 0.569. The molecule has 15 heavy (non-hydrogen) atoms. The number of nitrogens with two attached hydrogens (primary N) is 1. The van der Waals surface area contributed by atoms with Gasteiger partial charge in [-0.1, -0.05) is 0 Å². The van der Waals surface area contributed by atoms with E-state index in [1.807, 2.05) is 21.8 Å². The zero-order valence-corrected chi connectivity index (χ0v) is 9.43. The van der Waals surface area contributed by atoms with Crippen molar-refractivity contribution in [2.45, 2.75) is 20.4 Å². The number of hydrogen-bond acceptors (Lipinski definition) is 2. The van der Waals surface area contributed by atoms with Crippen LogP contribution in [0.5, 0.6) is 0 Å². The molecule has 0 saturated carbocycles. The van der Waals surface area contributed by atoms with Crippen molar-refractivity contribution in [1.29, 1.82) is 0 Å². The molecule has 0 unspecified atom stereocenters. The Morgan fingerprint density at radius 1 is 1.47 bits per heavy atom. The molecule has 2 N–H and O–H groups in total. The monoisotopic (exact) mass is 209 g/mol. The van der Waals surface area contributed by atoms with Crippen molar-refractivity contribution in [3.05, 3.63) is 18.5 Å². The third kappa shape index (κ3) is 3.61. The van der Waals surface area contributed by atoms with Gasteiger partial charge >= 0.3 is 0 Å². The lowest BCUT2D eigenvalue weighted by Gasteiger charge is -2.19. The van der Waals surface area contributed by atoms with E-state index in [1.54, 1.807) is 6.20 Å². The van der Waals surface area contributed by atoms with Gasteiger partial charge in [0.1, 0.15) is 0 Å². The standard InChI is InChI=1S/C10H19N5/c1-3-14(4-2)10(11)12-7-9-15-8-5-6-13-15/h5-6,8H,3-4,7,9H2,1-2H3,(H2,11,12). The molecule has 0 aliphatic rings. The van der Waals surface area contributed by atoms with Crippen LogP contribution in [-0.4, -0.2) is 40.3 Å². The van der Waals surface area contributed by atoms with Crippen LogP contribution in [0.15, 0.2) is 23.5 Å². The molecule has 1 heterocycles. The third-order valence-corrected chi connectivity index (χ3v) is 2.25. The van der Waals surface area contributed by atoms with E-state index in [4.69, 9.17) is 5.73 Å². The Morgan fingerprint density at radius 2 is 2.20 bits per heavy atom. The van der Waals surface area contributed by atoms with Crippen LogP contribution >= 0.6 is 0 Å². The lowest BCUT2D eigenvalue weighted by molar-refractivity contribution is 0.457. The summed E-state index contributed by atoms with van der Waals surface area (Å²) in [7, 11) is 0. The maximum atomic E-state index is 5.82. The zero-order valence-electron chi connectivity index (χ0n) is 9.43. The molecule has 0 radical (unpaired) electrons. The molecule has 5 heteroatoms. The molecule has 1 aromatic rings. The second-order valence-corrected chi connectivity index (χ2v) is 3.18. The highest BCUT2D eigenvalue weighted by molar-refractivity contribution is 5.77. The molecule has 0 saturated heterocycles. The van der Waals surface area contributed by atoms with Gasteiger partial charge in [0.25, 0.3) is 0 Å². The smallest absolute Gasteiger partial charge is 0.191 e. The second-order valence-electron chi connectivity index (χ2n) is 3.18. The van der Waals surface area contributed by atoms with Crippen molar-refractivity contribution in [2.75, 3.05) is 19.6 Å². The Kier molecular flexibility index (Phi) is 4.66. The Bertz CT molecular complexity index is 287. The molecule has 0 fully saturated rings. The molecular weight excluding hydrogens is 190 g/mol. The lowest BCUT2D eigenvalue weighted by Crippen LogP contribution is -2.37. The first-order valence-corrected chi connectivity index (χ1v) is 5.30. The van der Waals surface area contributed by atoms with Gasteiger partial charge in [-0.2, -0.15) is 5.10 Å². The maximum absolute atomic E-state index is 5.82. The van der Waals surface area contributed by atoms with Gasteiger partial charge in [-0.25, -0.2) is 0 Å². The summed E-state index contributed by atoms with van der Waals surface area (Å²) < 4.78 is 1.85. The summed E-state index contributed by atoms with van der Waals surface area (Å²) in [5.74, 6) is 0.618.